The predicted octanol–water partition coefficient (Wildman–Crippen LogP) is 2.51. The summed E-state index contributed by atoms with van der Waals surface area (Å²) in [5.74, 6) is 0.517. The van der Waals surface area contributed by atoms with E-state index in [-0.39, 0.29) is 24.2 Å². The molecule has 0 fully saturated rings. The Morgan fingerprint density at radius 1 is 1.32 bits per heavy atom. The minimum atomic E-state index is -0.479. The Morgan fingerprint density at radius 2 is 1.96 bits per heavy atom. The lowest BCUT2D eigenvalue weighted by atomic mass is 10.2. The van der Waals surface area contributed by atoms with Crippen molar-refractivity contribution >= 4 is 11.6 Å². The minimum absolute atomic E-state index is 0.0476. The maximum Gasteiger partial charge on any atom is 0.312 e. The van der Waals surface area contributed by atoms with Crippen molar-refractivity contribution in [1.82, 2.24) is 15.1 Å². The molecule has 0 aliphatic carbocycles. The SMILES string of the molecule is Cc1nn(CC(=O)NCc2ccc(OC(C)C)cc2)c(C)c1[N+](=O)[O-]. The Morgan fingerprint density at radius 3 is 2.48 bits per heavy atom. The van der Waals surface area contributed by atoms with Crippen molar-refractivity contribution in [2.24, 2.45) is 0 Å². The summed E-state index contributed by atoms with van der Waals surface area (Å²) in [5, 5.41) is 17.8. The van der Waals surface area contributed by atoms with Crippen LogP contribution in [0.1, 0.15) is 30.8 Å². The number of rotatable bonds is 7. The lowest BCUT2D eigenvalue weighted by Crippen LogP contribution is -2.28. The van der Waals surface area contributed by atoms with Gasteiger partial charge in [-0.15, -0.1) is 0 Å². The van der Waals surface area contributed by atoms with E-state index < -0.39 is 4.92 Å². The summed E-state index contributed by atoms with van der Waals surface area (Å²) >= 11 is 0. The summed E-state index contributed by atoms with van der Waals surface area (Å²) in [7, 11) is 0. The van der Waals surface area contributed by atoms with Crippen LogP contribution in [0.5, 0.6) is 5.75 Å². The number of benzene rings is 1. The fourth-order valence-corrected chi connectivity index (χ4v) is 2.46. The van der Waals surface area contributed by atoms with Crippen molar-refractivity contribution < 1.29 is 14.5 Å². The number of nitrogens with zero attached hydrogens (tertiary/aromatic N) is 3. The molecule has 0 aliphatic heterocycles. The Kier molecular flexibility index (Phi) is 5.74. The largest absolute Gasteiger partial charge is 0.491 e. The first-order valence-corrected chi connectivity index (χ1v) is 7.98. The number of nitrogens with one attached hydrogen (secondary N) is 1. The summed E-state index contributed by atoms with van der Waals surface area (Å²) in [6.45, 7) is 7.35. The molecule has 0 radical (unpaired) electrons. The first-order chi connectivity index (χ1) is 11.8. The van der Waals surface area contributed by atoms with E-state index in [0.29, 0.717) is 17.9 Å². The van der Waals surface area contributed by atoms with E-state index in [2.05, 4.69) is 10.4 Å². The fraction of sp³-hybridized carbons (Fsp3) is 0.412. The highest BCUT2D eigenvalue weighted by molar-refractivity contribution is 5.75. The molecule has 1 heterocycles. The van der Waals surface area contributed by atoms with Crippen LogP contribution < -0.4 is 10.1 Å². The Hall–Kier alpha value is -2.90. The van der Waals surface area contributed by atoms with Crippen LogP contribution in [-0.4, -0.2) is 26.7 Å². The molecule has 0 bridgehead atoms. The third-order valence-electron chi connectivity index (χ3n) is 3.60. The zero-order chi connectivity index (χ0) is 18.6. The third-order valence-corrected chi connectivity index (χ3v) is 3.60. The highest BCUT2D eigenvalue weighted by atomic mass is 16.6. The molecule has 0 unspecified atom stereocenters. The molecule has 0 saturated carbocycles. The lowest BCUT2D eigenvalue weighted by Gasteiger charge is -2.10. The standard InChI is InChI=1S/C17H22N4O4/c1-11(2)25-15-7-5-14(6-8-15)9-18-16(22)10-20-13(4)17(21(23)24)12(3)19-20/h5-8,11H,9-10H2,1-4H3,(H,18,22). The van der Waals surface area contributed by atoms with Crippen molar-refractivity contribution in [2.75, 3.05) is 0 Å². The summed E-state index contributed by atoms with van der Waals surface area (Å²) < 4.78 is 6.92. The highest BCUT2D eigenvalue weighted by Crippen LogP contribution is 2.21. The molecule has 0 aliphatic rings. The molecule has 1 N–H and O–H groups in total. The Bertz CT molecular complexity index is 766. The van der Waals surface area contributed by atoms with E-state index in [4.69, 9.17) is 4.74 Å². The number of nitro groups is 1. The molecule has 0 atom stereocenters. The third kappa shape index (κ3) is 4.79. The van der Waals surface area contributed by atoms with Crippen LogP contribution in [0, 0.1) is 24.0 Å². The van der Waals surface area contributed by atoms with Crippen LogP contribution in [0.2, 0.25) is 0 Å². The lowest BCUT2D eigenvalue weighted by molar-refractivity contribution is -0.386. The first-order valence-electron chi connectivity index (χ1n) is 7.98. The average molecular weight is 346 g/mol. The maximum atomic E-state index is 12.1. The number of carbonyl (C=O) groups is 1. The van der Waals surface area contributed by atoms with Crippen molar-refractivity contribution in [3.63, 3.8) is 0 Å². The van der Waals surface area contributed by atoms with Crippen molar-refractivity contribution in [3.8, 4) is 5.75 Å². The van der Waals surface area contributed by atoms with E-state index in [1.165, 1.54) is 4.68 Å². The number of hydrogen-bond acceptors (Lipinski definition) is 5. The Balaban J connectivity index is 1.93. The van der Waals surface area contributed by atoms with E-state index in [1.807, 2.05) is 38.1 Å². The van der Waals surface area contributed by atoms with E-state index in [0.717, 1.165) is 11.3 Å². The second kappa shape index (κ2) is 7.78. The average Bonchev–Trinajstić information content (AvgIpc) is 2.80. The van der Waals surface area contributed by atoms with Gasteiger partial charge < -0.3 is 10.1 Å². The van der Waals surface area contributed by atoms with Gasteiger partial charge in [0.1, 0.15) is 23.7 Å². The summed E-state index contributed by atoms with van der Waals surface area (Å²) in [6, 6.07) is 7.47. The molecular weight excluding hydrogens is 324 g/mol. The molecular formula is C17H22N4O4. The molecule has 0 spiro atoms. The van der Waals surface area contributed by atoms with Gasteiger partial charge in [0.2, 0.25) is 5.91 Å². The number of ether oxygens (including phenoxy) is 1. The summed E-state index contributed by atoms with van der Waals surface area (Å²) in [4.78, 5) is 22.6. The quantitative estimate of drug-likeness (QED) is 0.613. The molecule has 2 aromatic rings. The van der Waals surface area contributed by atoms with Gasteiger partial charge in [0.05, 0.1) is 11.0 Å². The molecule has 1 aromatic heterocycles. The summed E-state index contributed by atoms with van der Waals surface area (Å²) in [6.07, 6.45) is 0.107. The van der Waals surface area contributed by atoms with E-state index in [9.17, 15) is 14.9 Å². The van der Waals surface area contributed by atoms with Gasteiger partial charge in [-0.05, 0) is 45.4 Å². The molecule has 8 nitrogen and oxygen atoms in total. The van der Waals surface area contributed by atoms with Crippen LogP contribution in [0.3, 0.4) is 0 Å². The van der Waals surface area contributed by atoms with Gasteiger partial charge in [-0.1, -0.05) is 12.1 Å². The molecule has 134 valence electrons. The van der Waals surface area contributed by atoms with E-state index >= 15 is 0 Å². The molecule has 2 rings (SSSR count). The van der Waals surface area contributed by atoms with Gasteiger partial charge in [0.15, 0.2) is 0 Å². The van der Waals surface area contributed by atoms with Gasteiger partial charge >= 0.3 is 5.69 Å². The van der Waals surface area contributed by atoms with Crippen molar-refractivity contribution in [2.45, 2.75) is 46.9 Å². The topological polar surface area (TPSA) is 99.3 Å². The molecule has 1 amide bonds. The zero-order valence-electron chi connectivity index (χ0n) is 14.8. The normalized spacial score (nSPS) is 10.8. The van der Waals surface area contributed by atoms with Crippen LogP contribution in [-0.2, 0) is 17.9 Å². The molecule has 0 saturated heterocycles. The maximum absolute atomic E-state index is 12.1. The number of aryl methyl sites for hydroxylation is 1. The van der Waals surface area contributed by atoms with Crippen molar-refractivity contribution in [3.05, 3.63) is 51.3 Å². The number of hydrogen-bond donors (Lipinski definition) is 1. The fourth-order valence-electron chi connectivity index (χ4n) is 2.46. The van der Waals surface area contributed by atoms with E-state index in [1.54, 1.807) is 13.8 Å². The summed E-state index contributed by atoms with van der Waals surface area (Å²) in [5.41, 5.74) is 1.56. The van der Waals surface area contributed by atoms with Gasteiger partial charge in [-0.2, -0.15) is 5.10 Å². The monoisotopic (exact) mass is 346 g/mol. The first kappa shape index (κ1) is 18.4. The van der Waals surface area contributed by atoms with Crippen LogP contribution in [0.25, 0.3) is 0 Å². The van der Waals surface area contributed by atoms with Gasteiger partial charge in [0, 0.05) is 6.54 Å². The van der Waals surface area contributed by atoms with Crippen LogP contribution in [0.15, 0.2) is 24.3 Å². The van der Waals surface area contributed by atoms with Crippen molar-refractivity contribution in [1.29, 1.82) is 0 Å². The minimum Gasteiger partial charge on any atom is -0.491 e. The zero-order valence-corrected chi connectivity index (χ0v) is 14.8. The highest BCUT2D eigenvalue weighted by Gasteiger charge is 2.22. The smallest absolute Gasteiger partial charge is 0.312 e. The Labute approximate surface area is 145 Å². The second-order valence-electron chi connectivity index (χ2n) is 6.02. The number of carbonyl (C=O) groups excluding carboxylic acids is 1. The van der Waals surface area contributed by atoms with Gasteiger partial charge in [-0.25, -0.2) is 0 Å². The predicted molar refractivity (Wildman–Crippen MR) is 92.4 cm³/mol. The van der Waals surface area contributed by atoms with Gasteiger partial charge in [-0.3, -0.25) is 19.6 Å². The van der Waals surface area contributed by atoms with Gasteiger partial charge in [0.25, 0.3) is 0 Å². The second-order valence-corrected chi connectivity index (χ2v) is 6.02. The molecule has 1 aromatic carbocycles. The van der Waals surface area contributed by atoms with Crippen LogP contribution >= 0.6 is 0 Å². The number of amides is 1. The van der Waals surface area contributed by atoms with Crippen LogP contribution in [0.4, 0.5) is 5.69 Å². The number of aromatic nitrogens is 2. The molecule has 8 heteroatoms. The molecule has 25 heavy (non-hydrogen) atoms.